The summed E-state index contributed by atoms with van der Waals surface area (Å²) in [6.07, 6.45) is 0.938. The summed E-state index contributed by atoms with van der Waals surface area (Å²) in [6.45, 7) is 2.98. The highest BCUT2D eigenvalue weighted by Gasteiger charge is 2.10. The lowest BCUT2D eigenvalue weighted by Gasteiger charge is -2.16. The van der Waals surface area contributed by atoms with Gasteiger partial charge in [-0.2, -0.15) is 0 Å². The first-order valence-corrected chi connectivity index (χ1v) is 6.67. The maximum absolute atomic E-state index is 12.0. The summed E-state index contributed by atoms with van der Waals surface area (Å²) < 4.78 is 0. The van der Waals surface area contributed by atoms with Crippen LogP contribution in [-0.4, -0.2) is 37.5 Å². The number of carbonyl (C=O) groups excluding carboxylic acids is 1. The second-order valence-electron chi connectivity index (χ2n) is 4.80. The van der Waals surface area contributed by atoms with Gasteiger partial charge < -0.3 is 10.2 Å². The van der Waals surface area contributed by atoms with E-state index < -0.39 is 0 Å². The van der Waals surface area contributed by atoms with Crippen molar-refractivity contribution in [3.63, 3.8) is 0 Å². The Balaban J connectivity index is 2.53. The summed E-state index contributed by atoms with van der Waals surface area (Å²) in [5.74, 6) is 0.394. The molecule has 100 valence electrons. The minimum Gasteiger partial charge on any atom is -0.350 e. The zero-order chi connectivity index (χ0) is 13.5. The zero-order valence-corrected chi connectivity index (χ0v) is 12.0. The molecule has 1 unspecified atom stereocenters. The van der Waals surface area contributed by atoms with Crippen molar-refractivity contribution in [2.24, 2.45) is 0 Å². The van der Waals surface area contributed by atoms with Crippen LogP contribution in [0.3, 0.4) is 0 Å². The number of hydrogen-bond donors (Lipinski definition) is 1. The molecule has 0 radical (unpaired) electrons. The van der Waals surface area contributed by atoms with Crippen LogP contribution in [0.25, 0.3) is 0 Å². The summed E-state index contributed by atoms with van der Waals surface area (Å²) in [7, 11) is 4.05. The van der Waals surface area contributed by atoms with Crippen LogP contribution in [0.15, 0.2) is 24.3 Å². The lowest BCUT2D eigenvalue weighted by molar-refractivity contribution is 0.0936. The van der Waals surface area contributed by atoms with Gasteiger partial charge in [0.25, 0.3) is 5.91 Å². The second-order valence-corrected chi connectivity index (χ2v) is 5.07. The SMILES string of the molecule is CC(CCN(C)C)NC(=O)c1cccc(CCl)c1. The smallest absolute Gasteiger partial charge is 0.251 e. The summed E-state index contributed by atoms with van der Waals surface area (Å²) in [6, 6.07) is 7.58. The number of carbonyl (C=O) groups is 1. The van der Waals surface area contributed by atoms with Gasteiger partial charge in [0.2, 0.25) is 0 Å². The molecular formula is C14H21ClN2O. The van der Waals surface area contributed by atoms with E-state index in [4.69, 9.17) is 11.6 Å². The average molecular weight is 269 g/mol. The molecule has 4 heteroatoms. The van der Waals surface area contributed by atoms with Crippen molar-refractivity contribution in [3.8, 4) is 0 Å². The molecule has 0 heterocycles. The Bertz CT molecular complexity index is 393. The number of alkyl halides is 1. The molecule has 1 N–H and O–H groups in total. The molecule has 1 rings (SSSR count). The number of rotatable bonds is 6. The third-order valence-corrected chi connectivity index (χ3v) is 3.04. The average Bonchev–Trinajstić information content (AvgIpc) is 2.36. The van der Waals surface area contributed by atoms with Crippen molar-refractivity contribution < 1.29 is 4.79 Å². The van der Waals surface area contributed by atoms with Crippen LogP contribution in [0.5, 0.6) is 0 Å². The highest BCUT2D eigenvalue weighted by molar-refractivity contribution is 6.17. The Kier molecular flexibility index (Phi) is 6.16. The number of amides is 1. The van der Waals surface area contributed by atoms with Gasteiger partial charge in [0.05, 0.1) is 0 Å². The Labute approximate surface area is 114 Å². The molecule has 0 saturated carbocycles. The third kappa shape index (κ3) is 5.07. The van der Waals surface area contributed by atoms with Gasteiger partial charge in [-0.15, -0.1) is 11.6 Å². The van der Waals surface area contributed by atoms with Crippen molar-refractivity contribution in [3.05, 3.63) is 35.4 Å². The van der Waals surface area contributed by atoms with Crippen molar-refractivity contribution in [1.29, 1.82) is 0 Å². The summed E-state index contributed by atoms with van der Waals surface area (Å²) in [5.41, 5.74) is 1.63. The van der Waals surface area contributed by atoms with Crippen LogP contribution in [-0.2, 0) is 5.88 Å². The predicted molar refractivity (Wildman–Crippen MR) is 76.1 cm³/mol. The van der Waals surface area contributed by atoms with E-state index in [0.29, 0.717) is 11.4 Å². The minimum atomic E-state index is -0.0341. The Morgan fingerprint density at radius 2 is 2.17 bits per heavy atom. The van der Waals surface area contributed by atoms with E-state index in [1.54, 1.807) is 0 Å². The lowest BCUT2D eigenvalue weighted by atomic mass is 10.1. The van der Waals surface area contributed by atoms with Crippen LogP contribution >= 0.6 is 11.6 Å². The normalized spacial score (nSPS) is 12.5. The van der Waals surface area contributed by atoms with E-state index in [9.17, 15) is 4.79 Å². The van der Waals surface area contributed by atoms with E-state index >= 15 is 0 Å². The first-order valence-electron chi connectivity index (χ1n) is 6.13. The molecular weight excluding hydrogens is 248 g/mol. The highest BCUT2D eigenvalue weighted by Crippen LogP contribution is 2.08. The fourth-order valence-corrected chi connectivity index (χ4v) is 1.79. The standard InChI is InChI=1S/C14H21ClN2O/c1-11(7-8-17(2)3)16-14(18)13-6-4-5-12(9-13)10-15/h4-6,9,11H,7-8,10H2,1-3H3,(H,16,18). The van der Waals surface area contributed by atoms with Crippen molar-refractivity contribution in [2.45, 2.75) is 25.3 Å². The van der Waals surface area contributed by atoms with E-state index in [-0.39, 0.29) is 11.9 Å². The molecule has 0 aromatic heterocycles. The molecule has 1 aromatic rings. The van der Waals surface area contributed by atoms with Crippen LogP contribution in [0, 0.1) is 0 Å². The molecule has 0 aliphatic rings. The van der Waals surface area contributed by atoms with Crippen molar-refractivity contribution in [1.82, 2.24) is 10.2 Å². The molecule has 1 aromatic carbocycles. The van der Waals surface area contributed by atoms with Crippen LogP contribution in [0.2, 0.25) is 0 Å². The number of nitrogens with zero attached hydrogens (tertiary/aromatic N) is 1. The van der Waals surface area contributed by atoms with Crippen molar-refractivity contribution in [2.75, 3.05) is 20.6 Å². The summed E-state index contributed by atoms with van der Waals surface area (Å²) in [5, 5.41) is 2.99. The fraction of sp³-hybridized carbons (Fsp3) is 0.500. The van der Waals surface area contributed by atoms with Crippen LogP contribution in [0.1, 0.15) is 29.3 Å². The molecule has 0 bridgehead atoms. The van der Waals surface area contributed by atoms with E-state index in [1.165, 1.54) is 0 Å². The Morgan fingerprint density at radius 1 is 1.44 bits per heavy atom. The molecule has 0 saturated heterocycles. The molecule has 0 aliphatic heterocycles. The first kappa shape index (κ1) is 15.0. The molecule has 1 amide bonds. The molecule has 3 nitrogen and oxygen atoms in total. The molecule has 18 heavy (non-hydrogen) atoms. The summed E-state index contributed by atoms with van der Waals surface area (Å²) >= 11 is 5.76. The highest BCUT2D eigenvalue weighted by atomic mass is 35.5. The Morgan fingerprint density at radius 3 is 2.78 bits per heavy atom. The second kappa shape index (κ2) is 7.39. The molecule has 0 spiro atoms. The van der Waals surface area contributed by atoms with Gasteiger partial charge in [0.15, 0.2) is 0 Å². The molecule has 0 aliphatic carbocycles. The maximum Gasteiger partial charge on any atom is 0.251 e. The van der Waals surface area contributed by atoms with Gasteiger partial charge in [0, 0.05) is 17.5 Å². The van der Waals surface area contributed by atoms with Crippen LogP contribution < -0.4 is 5.32 Å². The first-order chi connectivity index (χ1) is 8.52. The topological polar surface area (TPSA) is 32.3 Å². The number of nitrogens with one attached hydrogen (secondary N) is 1. The number of hydrogen-bond acceptors (Lipinski definition) is 2. The Hall–Kier alpha value is -1.06. The monoisotopic (exact) mass is 268 g/mol. The largest absolute Gasteiger partial charge is 0.350 e. The quantitative estimate of drug-likeness (QED) is 0.804. The predicted octanol–water partition coefficient (Wildman–Crippen LogP) is 2.50. The summed E-state index contributed by atoms with van der Waals surface area (Å²) in [4.78, 5) is 14.1. The van der Waals surface area contributed by atoms with Gasteiger partial charge >= 0.3 is 0 Å². The van der Waals surface area contributed by atoms with Gasteiger partial charge in [-0.3, -0.25) is 4.79 Å². The van der Waals surface area contributed by atoms with Gasteiger partial charge in [-0.05, 0) is 51.7 Å². The fourth-order valence-electron chi connectivity index (χ4n) is 1.63. The third-order valence-electron chi connectivity index (χ3n) is 2.73. The molecule has 1 atom stereocenters. The van der Waals surface area contributed by atoms with Crippen molar-refractivity contribution >= 4 is 17.5 Å². The number of benzene rings is 1. The van der Waals surface area contributed by atoms with E-state index in [1.807, 2.05) is 45.3 Å². The lowest BCUT2D eigenvalue weighted by Crippen LogP contribution is -2.34. The van der Waals surface area contributed by atoms with E-state index in [2.05, 4.69) is 10.2 Å². The maximum atomic E-state index is 12.0. The molecule has 0 fully saturated rings. The number of halogens is 1. The van der Waals surface area contributed by atoms with Gasteiger partial charge in [-0.25, -0.2) is 0 Å². The van der Waals surface area contributed by atoms with Gasteiger partial charge in [-0.1, -0.05) is 12.1 Å². The zero-order valence-electron chi connectivity index (χ0n) is 11.2. The van der Waals surface area contributed by atoms with Crippen LogP contribution in [0.4, 0.5) is 0 Å². The minimum absolute atomic E-state index is 0.0341. The van der Waals surface area contributed by atoms with E-state index in [0.717, 1.165) is 18.5 Å². The van der Waals surface area contributed by atoms with Gasteiger partial charge in [0.1, 0.15) is 0 Å².